The Bertz CT molecular complexity index is 1260. The number of hydrogen-bond acceptors (Lipinski definition) is 8. The molecule has 0 radical (unpaired) electrons. The third kappa shape index (κ3) is 5.50. The lowest BCUT2D eigenvalue weighted by molar-refractivity contribution is -0.145. The van der Waals surface area contributed by atoms with E-state index in [0.29, 0.717) is 31.9 Å². The number of nitrogens with zero attached hydrogens (tertiary/aromatic N) is 6. The first-order chi connectivity index (χ1) is 16.9. The first kappa shape index (κ1) is 24.8. The topological polar surface area (TPSA) is 115 Å². The Morgan fingerprint density at radius 1 is 1.26 bits per heavy atom. The predicted molar refractivity (Wildman–Crippen MR) is 136 cm³/mol. The molecule has 0 spiro atoms. The Balaban J connectivity index is 1.55. The van der Waals surface area contributed by atoms with Crippen molar-refractivity contribution < 1.29 is 14.3 Å². The molecule has 0 aliphatic carbocycles. The lowest BCUT2D eigenvalue weighted by Gasteiger charge is -2.30. The molecule has 2 atom stereocenters. The number of aryl methyl sites for hydroxylation is 1. The third-order valence-electron chi connectivity index (χ3n) is 6.15. The molecule has 0 unspecified atom stereocenters. The SMILES string of the molecule is CC[C@H](C(=O)N1CCN=C1Nc1ccc2nccnc2c1Br)[C@H](COC(C)=O)Cc1cncn1C. The average Bonchev–Trinajstić information content (AvgIpc) is 3.48. The molecule has 1 aliphatic heterocycles. The number of carbonyl (C=O) groups excluding carboxylic acids is 2. The Morgan fingerprint density at radius 3 is 2.77 bits per heavy atom. The number of imidazole rings is 1. The van der Waals surface area contributed by atoms with Crippen LogP contribution in [0, 0.1) is 11.8 Å². The number of esters is 1. The molecule has 35 heavy (non-hydrogen) atoms. The van der Waals surface area contributed by atoms with Crippen LogP contribution >= 0.6 is 15.9 Å². The summed E-state index contributed by atoms with van der Waals surface area (Å²) in [7, 11) is 1.91. The smallest absolute Gasteiger partial charge is 0.302 e. The summed E-state index contributed by atoms with van der Waals surface area (Å²) in [5.74, 6) is -0.482. The summed E-state index contributed by atoms with van der Waals surface area (Å²) in [6.07, 6.45) is 7.95. The number of anilines is 1. The fourth-order valence-electron chi connectivity index (χ4n) is 4.29. The van der Waals surface area contributed by atoms with E-state index in [1.54, 1.807) is 29.8 Å². The van der Waals surface area contributed by atoms with Gasteiger partial charge in [0.1, 0.15) is 5.52 Å². The van der Waals surface area contributed by atoms with Crippen molar-refractivity contribution in [3.05, 3.63) is 47.2 Å². The summed E-state index contributed by atoms with van der Waals surface area (Å²) < 4.78 is 8.03. The number of aromatic nitrogens is 4. The summed E-state index contributed by atoms with van der Waals surface area (Å²) in [6.45, 7) is 4.50. The number of rotatable bonds is 8. The van der Waals surface area contributed by atoms with E-state index in [2.05, 4.69) is 41.2 Å². The van der Waals surface area contributed by atoms with E-state index in [-0.39, 0.29) is 30.3 Å². The number of benzene rings is 1. The van der Waals surface area contributed by atoms with Gasteiger partial charge in [0.25, 0.3) is 0 Å². The zero-order valence-electron chi connectivity index (χ0n) is 19.9. The number of guanidine groups is 1. The van der Waals surface area contributed by atoms with E-state index in [1.807, 2.05) is 30.7 Å². The first-order valence-electron chi connectivity index (χ1n) is 11.5. The van der Waals surface area contributed by atoms with E-state index in [4.69, 9.17) is 4.74 Å². The Kier molecular flexibility index (Phi) is 7.74. The minimum atomic E-state index is -0.364. The van der Waals surface area contributed by atoms with Crippen LogP contribution in [-0.4, -0.2) is 62.0 Å². The van der Waals surface area contributed by atoms with Gasteiger partial charge in [-0.15, -0.1) is 0 Å². The summed E-state index contributed by atoms with van der Waals surface area (Å²) >= 11 is 3.61. The highest BCUT2D eigenvalue weighted by Crippen LogP contribution is 2.30. The van der Waals surface area contributed by atoms with Crippen LogP contribution < -0.4 is 5.32 Å². The molecule has 2 aromatic heterocycles. The number of nitrogens with one attached hydrogen (secondary N) is 1. The van der Waals surface area contributed by atoms with Crippen molar-refractivity contribution >= 4 is 50.5 Å². The molecule has 3 heterocycles. The van der Waals surface area contributed by atoms with Crippen LogP contribution in [0.4, 0.5) is 5.69 Å². The Labute approximate surface area is 211 Å². The molecule has 11 heteroatoms. The van der Waals surface area contributed by atoms with Crippen molar-refractivity contribution in [2.24, 2.45) is 23.9 Å². The maximum absolute atomic E-state index is 13.8. The number of aliphatic imine (C=N–C) groups is 1. The molecular formula is C24H28BrN7O3. The molecule has 0 saturated carbocycles. The molecule has 0 bridgehead atoms. The first-order valence-corrected chi connectivity index (χ1v) is 12.3. The largest absolute Gasteiger partial charge is 0.466 e. The van der Waals surface area contributed by atoms with E-state index in [1.165, 1.54) is 6.92 Å². The summed E-state index contributed by atoms with van der Waals surface area (Å²) in [6, 6.07) is 3.75. The molecule has 184 valence electrons. The Hall–Kier alpha value is -3.34. The zero-order valence-corrected chi connectivity index (χ0v) is 21.5. The van der Waals surface area contributed by atoms with Crippen LogP contribution in [0.2, 0.25) is 0 Å². The second-order valence-corrected chi connectivity index (χ2v) is 9.24. The fourth-order valence-corrected chi connectivity index (χ4v) is 4.83. The van der Waals surface area contributed by atoms with E-state index in [0.717, 1.165) is 26.9 Å². The van der Waals surface area contributed by atoms with Gasteiger partial charge in [-0.25, -0.2) is 4.98 Å². The minimum Gasteiger partial charge on any atom is -0.466 e. The lowest BCUT2D eigenvalue weighted by Crippen LogP contribution is -2.45. The number of ether oxygens (including phenoxy) is 1. The molecule has 1 aromatic carbocycles. The van der Waals surface area contributed by atoms with Gasteiger partial charge >= 0.3 is 5.97 Å². The minimum absolute atomic E-state index is 0.0488. The highest BCUT2D eigenvalue weighted by atomic mass is 79.9. The number of fused-ring (bicyclic) bond motifs is 1. The van der Waals surface area contributed by atoms with Crippen molar-refractivity contribution in [1.29, 1.82) is 0 Å². The molecule has 10 nitrogen and oxygen atoms in total. The normalized spacial score (nSPS) is 15.1. The molecule has 1 N–H and O–H groups in total. The van der Waals surface area contributed by atoms with E-state index >= 15 is 0 Å². The molecule has 0 fully saturated rings. The van der Waals surface area contributed by atoms with Crippen molar-refractivity contribution in [3.63, 3.8) is 0 Å². The van der Waals surface area contributed by atoms with Crippen LogP contribution in [0.25, 0.3) is 11.0 Å². The van der Waals surface area contributed by atoms with Crippen LogP contribution in [0.15, 0.2) is 46.5 Å². The summed E-state index contributed by atoms with van der Waals surface area (Å²) in [5, 5.41) is 3.30. The standard InChI is InChI=1S/C24H28BrN7O3/c1-4-18(16(13-35-15(2)33)11-17-12-26-14-31(17)3)23(34)32-10-9-29-24(32)30-19-5-6-20-22(21(19)25)28-8-7-27-20/h5-8,12,14,16,18H,4,9-11,13H2,1-3H3,(H,29,30)/t16-,18-/m0/s1. The molecule has 1 aliphatic rings. The summed E-state index contributed by atoms with van der Waals surface area (Å²) in [4.78, 5) is 44.5. The number of carbonyl (C=O) groups is 2. The van der Waals surface area contributed by atoms with Crippen LogP contribution in [0.5, 0.6) is 0 Å². The van der Waals surface area contributed by atoms with E-state index < -0.39 is 0 Å². The molecular weight excluding hydrogens is 514 g/mol. The predicted octanol–water partition coefficient (Wildman–Crippen LogP) is 3.18. The van der Waals surface area contributed by atoms with Crippen LogP contribution in [0.1, 0.15) is 26.0 Å². The van der Waals surface area contributed by atoms with Gasteiger partial charge in [0.2, 0.25) is 11.9 Å². The third-order valence-corrected chi connectivity index (χ3v) is 6.95. The van der Waals surface area contributed by atoms with Crippen molar-refractivity contribution in [2.75, 3.05) is 25.0 Å². The van der Waals surface area contributed by atoms with Crippen molar-refractivity contribution in [1.82, 2.24) is 24.4 Å². The summed E-state index contributed by atoms with van der Waals surface area (Å²) in [5.41, 5.74) is 3.21. The fraction of sp³-hybridized carbons (Fsp3) is 0.417. The van der Waals surface area contributed by atoms with Gasteiger partial charge in [0, 0.05) is 56.6 Å². The second kappa shape index (κ2) is 10.9. The van der Waals surface area contributed by atoms with Crippen LogP contribution in [0.3, 0.4) is 0 Å². The average molecular weight is 542 g/mol. The van der Waals surface area contributed by atoms with Gasteiger partial charge < -0.3 is 14.6 Å². The van der Waals surface area contributed by atoms with Gasteiger partial charge in [-0.3, -0.25) is 29.4 Å². The molecule has 4 rings (SSSR count). The maximum Gasteiger partial charge on any atom is 0.302 e. The number of hydrogen-bond donors (Lipinski definition) is 1. The van der Waals surface area contributed by atoms with Gasteiger partial charge in [-0.05, 0) is 40.9 Å². The highest BCUT2D eigenvalue weighted by Gasteiger charge is 2.35. The second-order valence-electron chi connectivity index (χ2n) is 8.45. The highest BCUT2D eigenvalue weighted by molar-refractivity contribution is 9.10. The number of halogens is 1. The molecule has 0 saturated heterocycles. The van der Waals surface area contributed by atoms with Crippen molar-refractivity contribution in [2.45, 2.75) is 26.7 Å². The van der Waals surface area contributed by atoms with Gasteiger partial charge in [-0.1, -0.05) is 6.92 Å². The number of amides is 1. The van der Waals surface area contributed by atoms with Gasteiger partial charge in [-0.2, -0.15) is 0 Å². The maximum atomic E-state index is 13.8. The molecule has 1 amide bonds. The zero-order chi connectivity index (χ0) is 24.9. The lowest BCUT2D eigenvalue weighted by atomic mass is 9.85. The monoisotopic (exact) mass is 541 g/mol. The quantitative estimate of drug-likeness (QED) is 0.435. The van der Waals surface area contributed by atoms with Gasteiger partial charge in [0.05, 0.1) is 35.2 Å². The van der Waals surface area contributed by atoms with Crippen molar-refractivity contribution in [3.8, 4) is 0 Å². The van der Waals surface area contributed by atoms with E-state index in [9.17, 15) is 9.59 Å². The molecule has 3 aromatic rings. The Morgan fingerprint density at radius 2 is 2.06 bits per heavy atom. The van der Waals surface area contributed by atoms with Gasteiger partial charge in [0.15, 0.2) is 0 Å². The van der Waals surface area contributed by atoms with Crippen LogP contribution in [-0.2, 0) is 27.8 Å².